The maximum Gasteiger partial charge on any atom is 0.260 e. The summed E-state index contributed by atoms with van der Waals surface area (Å²) >= 11 is 0. The Morgan fingerprint density at radius 2 is 2.06 bits per heavy atom. The first-order valence-electron chi connectivity index (χ1n) is 6.16. The molecule has 1 heterocycles. The van der Waals surface area contributed by atoms with Gasteiger partial charge in [0.05, 0.1) is 0 Å². The number of aryl methyl sites for hydroxylation is 1. The van der Waals surface area contributed by atoms with Crippen LogP contribution in [-0.4, -0.2) is 24.2 Å². The lowest BCUT2D eigenvalue weighted by Crippen LogP contribution is -2.43. The minimum atomic E-state index is -3.60. The zero-order valence-corrected chi connectivity index (χ0v) is 11.6. The van der Waals surface area contributed by atoms with E-state index in [9.17, 15) is 8.42 Å². The third-order valence-corrected chi connectivity index (χ3v) is 5.19. The summed E-state index contributed by atoms with van der Waals surface area (Å²) in [6, 6.07) is 0. The maximum absolute atomic E-state index is 12.3. The van der Waals surface area contributed by atoms with Crippen LogP contribution < -0.4 is 10.5 Å². The highest BCUT2D eigenvalue weighted by atomic mass is 32.2. The van der Waals surface area contributed by atoms with E-state index in [2.05, 4.69) is 14.9 Å². The van der Waals surface area contributed by atoms with Crippen molar-refractivity contribution in [1.82, 2.24) is 14.9 Å². The topological polar surface area (TPSA) is 101 Å². The summed E-state index contributed by atoms with van der Waals surface area (Å²) < 4.78 is 27.4. The van der Waals surface area contributed by atoms with Gasteiger partial charge in [0.15, 0.2) is 5.03 Å². The van der Waals surface area contributed by atoms with Crippen LogP contribution in [0.5, 0.6) is 0 Å². The average molecular weight is 272 g/mol. The Kier molecular flexibility index (Phi) is 3.48. The fraction of sp³-hybridized carbons (Fsp3) is 0.727. The Hall–Kier alpha value is -0.920. The summed E-state index contributed by atoms with van der Waals surface area (Å²) in [7, 11) is -3.60. The molecule has 1 saturated carbocycles. The summed E-state index contributed by atoms with van der Waals surface area (Å²) in [6.07, 6.45) is 3.85. The van der Waals surface area contributed by atoms with Crippen molar-refractivity contribution < 1.29 is 8.42 Å². The smallest absolute Gasteiger partial charge is 0.260 e. The molecule has 0 atom stereocenters. The molecule has 0 radical (unpaired) electrons. The number of aromatic amines is 1. The van der Waals surface area contributed by atoms with Crippen molar-refractivity contribution in [1.29, 1.82) is 0 Å². The van der Waals surface area contributed by atoms with E-state index in [1.807, 2.05) is 6.92 Å². The number of rotatable bonds is 4. The lowest BCUT2D eigenvalue weighted by atomic mass is 10.0. The lowest BCUT2D eigenvalue weighted by molar-refractivity contribution is 0.426. The molecule has 6 nitrogen and oxygen atoms in total. The molecular weight excluding hydrogens is 252 g/mol. The minimum Gasteiger partial charge on any atom is -0.326 e. The second-order valence-corrected chi connectivity index (χ2v) is 6.81. The van der Waals surface area contributed by atoms with Crippen LogP contribution in [0.15, 0.2) is 5.03 Å². The number of nitrogens with two attached hydrogens (primary N) is 1. The zero-order valence-electron chi connectivity index (χ0n) is 10.8. The molecule has 0 aromatic carbocycles. The number of aromatic nitrogens is 2. The van der Waals surface area contributed by atoms with Crippen molar-refractivity contribution in [3.05, 3.63) is 11.3 Å². The van der Waals surface area contributed by atoms with Gasteiger partial charge in [0, 0.05) is 23.3 Å². The summed E-state index contributed by atoms with van der Waals surface area (Å²) in [5.74, 6) is 0. The second-order valence-electron chi connectivity index (χ2n) is 5.21. The Labute approximate surface area is 107 Å². The fourth-order valence-electron chi connectivity index (χ4n) is 2.52. The first kappa shape index (κ1) is 13.5. The SMILES string of the molecule is Cc1[nH]nc(S(=O)(=O)NC2(C)CCCC2)c1CN. The van der Waals surface area contributed by atoms with E-state index in [1.165, 1.54) is 0 Å². The third kappa shape index (κ3) is 2.43. The van der Waals surface area contributed by atoms with Gasteiger partial charge in [-0.05, 0) is 26.7 Å². The van der Waals surface area contributed by atoms with Gasteiger partial charge in [-0.3, -0.25) is 5.10 Å². The molecule has 1 aliphatic rings. The molecule has 0 unspecified atom stereocenters. The zero-order chi connectivity index (χ0) is 13.4. The fourth-order valence-corrected chi connectivity index (χ4v) is 4.20. The van der Waals surface area contributed by atoms with Gasteiger partial charge in [-0.15, -0.1) is 0 Å². The maximum atomic E-state index is 12.3. The van der Waals surface area contributed by atoms with E-state index in [-0.39, 0.29) is 17.1 Å². The molecule has 0 spiro atoms. The third-order valence-electron chi connectivity index (χ3n) is 3.58. The monoisotopic (exact) mass is 272 g/mol. The number of nitrogens with zero attached hydrogens (tertiary/aromatic N) is 1. The van der Waals surface area contributed by atoms with Gasteiger partial charge in [-0.1, -0.05) is 12.8 Å². The first-order chi connectivity index (χ1) is 8.38. The Balaban J connectivity index is 2.30. The van der Waals surface area contributed by atoms with Crippen LogP contribution in [0.4, 0.5) is 0 Å². The van der Waals surface area contributed by atoms with Crippen molar-refractivity contribution >= 4 is 10.0 Å². The summed E-state index contributed by atoms with van der Waals surface area (Å²) in [5, 5.41) is 6.60. The largest absolute Gasteiger partial charge is 0.326 e. The molecule has 1 aromatic heterocycles. The van der Waals surface area contributed by atoms with Crippen molar-refractivity contribution in [2.45, 2.75) is 56.6 Å². The molecule has 2 rings (SSSR count). The molecule has 0 aliphatic heterocycles. The predicted octanol–water partition coefficient (Wildman–Crippen LogP) is 0.788. The van der Waals surface area contributed by atoms with Gasteiger partial charge >= 0.3 is 0 Å². The Morgan fingerprint density at radius 3 is 2.61 bits per heavy atom. The van der Waals surface area contributed by atoms with E-state index in [1.54, 1.807) is 6.92 Å². The van der Waals surface area contributed by atoms with Crippen LogP contribution in [0, 0.1) is 6.92 Å². The highest BCUT2D eigenvalue weighted by Gasteiger charge is 2.35. The number of nitrogens with one attached hydrogen (secondary N) is 2. The number of H-pyrrole nitrogens is 1. The molecule has 7 heteroatoms. The molecule has 0 bridgehead atoms. The van der Waals surface area contributed by atoms with E-state index in [0.717, 1.165) is 25.7 Å². The predicted molar refractivity (Wildman–Crippen MR) is 68.4 cm³/mol. The van der Waals surface area contributed by atoms with Crippen molar-refractivity contribution in [2.75, 3.05) is 0 Å². The lowest BCUT2D eigenvalue weighted by Gasteiger charge is -2.24. The van der Waals surface area contributed by atoms with Gasteiger partial charge in [0.25, 0.3) is 10.0 Å². The van der Waals surface area contributed by atoms with E-state index in [0.29, 0.717) is 11.3 Å². The molecule has 18 heavy (non-hydrogen) atoms. The number of sulfonamides is 1. The summed E-state index contributed by atoms with van der Waals surface area (Å²) in [6.45, 7) is 3.87. The molecule has 0 saturated heterocycles. The summed E-state index contributed by atoms with van der Waals surface area (Å²) in [4.78, 5) is 0. The molecular formula is C11H20N4O2S. The van der Waals surface area contributed by atoms with Gasteiger partial charge in [0.1, 0.15) is 0 Å². The van der Waals surface area contributed by atoms with Gasteiger partial charge in [-0.25, -0.2) is 13.1 Å². The highest BCUT2D eigenvalue weighted by Crippen LogP contribution is 2.30. The number of hydrogen-bond acceptors (Lipinski definition) is 4. The van der Waals surface area contributed by atoms with Crippen LogP contribution in [0.2, 0.25) is 0 Å². The molecule has 1 fully saturated rings. The minimum absolute atomic E-state index is 0.0376. The van der Waals surface area contributed by atoms with Gasteiger partial charge in [0.2, 0.25) is 0 Å². The van der Waals surface area contributed by atoms with Crippen molar-refractivity contribution in [3.8, 4) is 0 Å². The molecule has 1 aliphatic carbocycles. The quantitative estimate of drug-likeness (QED) is 0.754. The normalized spacial score (nSPS) is 19.3. The van der Waals surface area contributed by atoms with Crippen LogP contribution in [-0.2, 0) is 16.6 Å². The molecule has 1 aromatic rings. The molecule has 102 valence electrons. The standard InChI is InChI=1S/C11H20N4O2S/c1-8-9(7-12)10(14-13-8)18(16,17)15-11(2)5-3-4-6-11/h15H,3-7,12H2,1-2H3,(H,13,14). The first-order valence-corrected chi connectivity index (χ1v) is 7.64. The Bertz CT molecular complexity index is 529. The molecule has 0 amide bonds. The van der Waals surface area contributed by atoms with E-state index < -0.39 is 10.0 Å². The second kappa shape index (κ2) is 4.64. The highest BCUT2D eigenvalue weighted by molar-refractivity contribution is 7.89. The van der Waals surface area contributed by atoms with Crippen LogP contribution in [0.25, 0.3) is 0 Å². The van der Waals surface area contributed by atoms with Crippen LogP contribution in [0.3, 0.4) is 0 Å². The average Bonchev–Trinajstić information content (AvgIpc) is 2.84. The number of hydrogen-bond donors (Lipinski definition) is 3. The van der Waals surface area contributed by atoms with Crippen molar-refractivity contribution in [2.24, 2.45) is 5.73 Å². The van der Waals surface area contributed by atoms with E-state index in [4.69, 9.17) is 5.73 Å². The van der Waals surface area contributed by atoms with Gasteiger partial charge in [-0.2, -0.15) is 5.10 Å². The van der Waals surface area contributed by atoms with Crippen molar-refractivity contribution in [3.63, 3.8) is 0 Å². The summed E-state index contributed by atoms with van der Waals surface area (Å²) in [5.41, 5.74) is 6.49. The van der Waals surface area contributed by atoms with Crippen LogP contribution in [0.1, 0.15) is 43.9 Å². The Morgan fingerprint density at radius 1 is 1.44 bits per heavy atom. The molecule has 4 N–H and O–H groups in total. The van der Waals surface area contributed by atoms with Crippen LogP contribution >= 0.6 is 0 Å². The van der Waals surface area contributed by atoms with Gasteiger partial charge < -0.3 is 5.73 Å². The van der Waals surface area contributed by atoms with E-state index >= 15 is 0 Å².